The summed E-state index contributed by atoms with van der Waals surface area (Å²) in [4.78, 5) is 12.4. The van der Waals surface area contributed by atoms with Crippen LogP contribution >= 0.6 is 12.4 Å². The van der Waals surface area contributed by atoms with Crippen molar-refractivity contribution >= 4 is 18.3 Å². The predicted molar refractivity (Wildman–Crippen MR) is 96.4 cm³/mol. The van der Waals surface area contributed by atoms with Crippen LogP contribution in [0.1, 0.15) is 55.8 Å². The van der Waals surface area contributed by atoms with Crippen LogP contribution in [0.15, 0.2) is 24.3 Å². The molecule has 1 fully saturated rings. The highest BCUT2D eigenvalue weighted by Gasteiger charge is 2.25. The van der Waals surface area contributed by atoms with Gasteiger partial charge in [-0.1, -0.05) is 26.2 Å². The molecule has 0 spiro atoms. The number of unbranched alkanes of at least 4 members (excludes halogenated alkanes) is 1. The molecule has 1 amide bonds. The zero-order valence-corrected chi connectivity index (χ0v) is 14.7. The van der Waals surface area contributed by atoms with Crippen LogP contribution in [0, 0.1) is 5.92 Å². The molecule has 0 bridgehead atoms. The molecule has 1 aliphatic carbocycles. The van der Waals surface area contributed by atoms with Gasteiger partial charge < -0.3 is 15.8 Å². The van der Waals surface area contributed by atoms with Gasteiger partial charge in [0.2, 0.25) is 0 Å². The van der Waals surface area contributed by atoms with Gasteiger partial charge in [-0.2, -0.15) is 0 Å². The maximum absolute atomic E-state index is 12.4. The predicted octanol–water partition coefficient (Wildman–Crippen LogP) is 3.53. The lowest BCUT2D eigenvalue weighted by Gasteiger charge is -2.31. The van der Waals surface area contributed by atoms with Crippen molar-refractivity contribution in [3.05, 3.63) is 29.8 Å². The molecule has 0 saturated heterocycles. The second kappa shape index (κ2) is 10.5. The van der Waals surface area contributed by atoms with E-state index >= 15 is 0 Å². The number of hydrogen-bond acceptors (Lipinski definition) is 3. The lowest BCUT2D eigenvalue weighted by Crippen LogP contribution is -2.44. The number of nitrogens with two attached hydrogens (primary N) is 1. The van der Waals surface area contributed by atoms with Gasteiger partial charge in [0.25, 0.3) is 5.91 Å². The van der Waals surface area contributed by atoms with E-state index < -0.39 is 0 Å². The smallest absolute Gasteiger partial charge is 0.251 e. The van der Waals surface area contributed by atoms with Crippen LogP contribution in [0.5, 0.6) is 5.75 Å². The molecule has 130 valence electrons. The summed E-state index contributed by atoms with van der Waals surface area (Å²) in [6.45, 7) is 3.51. The summed E-state index contributed by atoms with van der Waals surface area (Å²) < 4.78 is 5.62. The van der Waals surface area contributed by atoms with Crippen molar-refractivity contribution in [1.82, 2.24) is 5.32 Å². The number of amides is 1. The maximum atomic E-state index is 12.4. The SMILES string of the molecule is CCCCOc1ccc(C(=O)NC2CCCCC2CN)cc1.Cl. The summed E-state index contributed by atoms with van der Waals surface area (Å²) in [5, 5.41) is 3.15. The van der Waals surface area contributed by atoms with Crippen molar-refractivity contribution in [3.8, 4) is 5.75 Å². The van der Waals surface area contributed by atoms with Crippen LogP contribution in [0.2, 0.25) is 0 Å². The van der Waals surface area contributed by atoms with E-state index in [-0.39, 0.29) is 24.4 Å². The number of nitrogens with one attached hydrogen (secondary N) is 1. The van der Waals surface area contributed by atoms with E-state index in [1.807, 2.05) is 24.3 Å². The summed E-state index contributed by atoms with van der Waals surface area (Å²) in [5.74, 6) is 1.22. The second-order valence-corrected chi connectivity index (χ2v) is 6.09. The highest BCUT2D eigenvalue weighted by Crippen LogP contribution is 2.24. The zero-order valence-electron chi connectivity index (χ0n) is 13.9. The van der Waals surface area contributed by atoms with Crippen molar-refractivity contribution < 1.29 is 9.53 Å². The van der Waals surface area contributed by atoms with Crippen molar-refractivity contribution in [1.29, 1.82) is 0 Å². The molecule has 1 aliphatic rings. The van der Waals surface area contributed by atoms with E-state index in [4.69, 9.17) is 10.5 Å². The Morgan fingerprint density at radius 1 is 1.26 bits per heavy atom. The molecule has 23 heavy (non-hydrogen) atoms. The van der Waals surface area contributed by atoms with Gasteiger partial charge in [0.15, 0.2) is 0 Å². The van der Waals surface area contributed by atoms with E-state index in [1.165, 1.54) is 12.8 Å². The second-order valence-electron chi connectivity index (χ2n) is 6.09. The average Bonchev–Trinajstić information content (AvgIpc) is 2.56. The topological polar surface area (TPSA) is 64.3 Å². The quantitative estimate of drug-likeness (QED) is 0.746. The molecule has 0 aliphatic heterocycles. The van der Waals surface area contributed by atoms with Gasteiger partial charge in [0, 0.05) is 11.6 Å². The Hall–Kier alpha value is -1.26. The minimum atomic E-state index is -0.00884. The van der Waals surface area contributed by atoms with Crippen LogP contribution in [-0.2, 0) is 0 Å². The lowest BCUT2D eigenvalue weighted by molar-refractivity contribution is 0.0908. The standard InChI is InChI=1S/C18H28N2O2.ClH/c1-2-3-12-22-16-10-8-14(9-11-16)18(21)20-17-7-5-4-6-15(17)13-19;/h8-11,15,17H,2-7,12-13,19H2,1H3,(H,20,21);1H. The molecule has 2 rings (SSSR count). The third-order valence-corrected chi connectivity index (χ3v) is 4.41. The Morgan fingerprint density at radius 2 is 1.96 bits per heavy atom. The molecule has 1 aromatic carbocycles. The molecule has 1 aromatic rings. The largest absolute Gasteiger partial charge is 0.494 e. The van der Waals surface area contributed by atoms with Gasteiger partial charge in [0.1, 0.15) is 5.75 Å². The number of hydrogen-bond donors (Lipinski definition) is 2. The van der Waals surface area contributed by atoms with Crippen LogP contribution < -0.4 is 15.8 Å². The van der Waals surface area contributed by atoms with E-state index in [0.29, 0.717) is 18.0 Å². The van der Waals surface area contributed by atoms with Crippen LogP contribution in [0.3, 0.4) is 0 Å². The van der Waals surface area contributed by atoms with E-state index in [0.717, 1.165) is 38.0 Å². The van der Waals surface area contributed by atoms with Crippen molar-refractivity contribution in [2.45, 2.75) is 51.5 Å². The number of benzene rings is 1. The number of carbonyl (C=O) groups excluding carboxylic acids is 1. The molecule has 2 atom stereocenters. The third-order valence-electron chi connectivity index (χ3n) is 4.41. The molecule has 0 aromatic heterocycles. The third kappa shape index (κ3) is 6.04. The van der Waals surface area contributed by atoms with Gasteiger partial charge in [-0.3, -0.25) is 4.79 Å². The van der Waals surface area contributed by atoms with Gasteiger partial charge in [-0.05, 0) is 56.0 Å². The van der Waals surface area contributed by atoms with Gasteiger partial charge in [-0.25, -0.2) is 0 Å². The maximum Gasteiger partial charge on any atom is 0.251 e. The molecule has 0 radical (unpaired) electrons. The molecule has 0 heterocycles. The first kappa shape index (κ1) is 19.8. The first-order valence-electron chi connectivity index (χ1n) is 8.48. The van der Waals surface area contributed by atoms with Crippen LogP contribution in [0.4, 0.5) is 0 Å². The van der Waals surface area contributed by atoms with Crippen molar-refractivity contribution in [2.24, 2.45) is 11.7 Å². The Balaban J connectivity index is 0.00000264. The van der Waals surface area contributed by atoms with Gasteiger partial charge in [-0.15, -0.1) is 12.4 Å². The van der Waals surface area contributed by atoms with E-state index in [9.17, 15) is 4.79 Å². The zero-order chi connectivity index (χ0) is 15.8. The van der Waals surface area contributed by atoms with E-state index in [1.54, 1.807) is 0 Å². The molecular weight excluding hydrogens is 312 g/mol. The Bertz CT molecular complexity index is 465. The van der Waals surface area contributed by atoms with Gasteiger partial charge >= 0.3 is 0 Å². The molecule has 5 heteroatoms. The highest BCUT2D eigenvalue weighted by atomic mass is 35.5. The van der Waals surface area contributed by atoms with Gasteiger partial charge in [0.05, 0.1) is 6.61 Å². The first-order chi connectivity index (χ1) is 10.7. The normalized spacial score (nSPS) is 20.4. The van der Waals surface area contributed by atoms with Crippen molar-refractivity contribution in [2.75, 3.05) is 13.2 Å². The van der Waals surface area contributed by atoms with Crippen LogP contribution in [0.25, 0.3) is 0 Å². The molecule has 3 N–H and O–H groups in total. The molecular formula is C18H29ClN2O2. The number of ether oxygens (including phenoxy) is 1. The Morgan fingerprint density at radius 3 is 2.61 bits per heavy atom. The minimum absolute atomic E-state index is 0. The summed E-state index contributed by atoms with van der Waals surface area (Å²) in [7, 11) is 0. The minimum Gasteiger partial charge on any atom is -0.494 e. The average molecular weight is 341 g/mol. The van der Waals surface area contributed by atoms with Crippen molar-refractivity contribution in [3.63, 3.8) is 0 Å². The Kier molecular flexibility index (Phi) is 9.03. The number of carbonyl (C=O) groups is 1. The fourth-order valence-electron chi connectivity index (χ4n) is 2.97. The van der Waals surface area contributed by atoms with Crippen LogP contribution in [-0.4, -0.2) is 25.1 Å². The molecule has 2 unspecified atom stereocenters. The summed E-state index contributed by atoms with van der Waals surface area (Å²) in [6, 6.07) is 7.61. The monoisotopic (exact) mass is 340 g/mol. The van der Waals surface area contributed by atoms with E-state index in [2.05, 4.69) is 12.2 Å². The highest BCUT2D eigenvalue weighted by molar-refractivity contribution is 5.94. The summed E-state index contributed by atoms with van der Waals surface area (Å²) >= 11 is 0. The fraction of sp³-hybridized carbons (Fsp3) is 0.611. The summed E-state index contributed by atoms with van der Waals surface area (Å²) in [6.07, 6.45) is 6.70. The Labute approximate surface area is 145 Å². The first-order valence-corrected chi connectivity index (χ1v) is 8.48. The fourth-order valence-corrected chi connectivity index (χ4v) is 2.97. The molecule has 1 saturated carbocycles. The summed E-state index contributed by atoms with van der Waals surface area (Å²) in [5.41, 5.74) is 6.50. The lowest BCUT2D eigenvalue weighted by atomic mass is 9.84. The number of rotatable bonds is 7. The molecule has 4 nitrogen and oxygen atoms in total. The number of halogens is 1.